The Morgan fingerprint density at radius 2 is 2.07 bits per heavy atom. The van der Waals surface area contributed by atoms with Crippen molar-refractivity contribution in [3.05, 3.63) is 34.5 Å². The quantitative estimate of drug-likeness (QED) is 0.632. The minimum absolute atomic E-state index is 0.0236. The lowest BCUT2D eigenvalue weighted by Gasteiger charge is -2.05. The Balaban J connectivity index is 1.76. The van der Waals surface area contributed by atoms with E-state index in [0.29, 0.717) is 10.6 Å². The van der Waals surface area contributed by atoms with Crippen molar-refractivity contribution < 1.29 is 26.0 Å². The van der Waals surface area contributed by atoms with Crippen molar-refractivity contribution in [1.29, 1.82) is 0 Å². The zero-order chi connectivity index (χ0) is 19.8. The number of nitrogens with zero attached hydrogens (tertiary/aromatic N) is 3. The predicted octanol–water partition coefficient (Wildman–Crippen LogP) is 3.14. The Bertz CT molecular complexity index is 1040. The molecule has 0 unspecified atom stereocenters. The second-order valence-electron chi connectivity index (χ2n) is 5.84. The average Bonchev–Trinajstić information content (AvgIpc) is 3.30. The lowest BCUT2D eigenvalue weighted by atomic mass is 10.1. The van der Waals surface area contributed by atoms with E-state index in [4.69, 9.17) is 4.42 Å². The van der Waals surface area contributed by atoms with Crippen LogP contribution in [0.15, 0.2) is 27.7 Å². The molecule has 0 saturated carbocycles. The molecule has 0 radical (unpaired) electrons. The van der Waals surface area contributed by atoms with Gasteiger partial charge < -0.3 is 4.42 Å². The number of aromatic nitrogens is 4. The molecule has 0 saturated heterocycles. The molecule has 0 aliphatic heterocycles. The van der Waals surface area contributed by atoms with Crippen LogP contribution < -0.4 is 4.72 Å². The molecule has 3 aromatic rings. The number of alkyl halides is 3. The Labute approximate surface area is 156 Å². The fourth-order valence-electron chi connectivity index (χ4n) is 2.20. The summed E-state index contributed by atoms with van der Waals surface area (Å²) in [5.41, 5.74) is -0.521. The van der Waals surface area contributed by atoms with Crippen LogP contribution in [-0.2, 0) is 22.7 Å². The summed E-state index contributed by atoms with van der Waals surface area (Å²) in [5.74, 6) is -0.0228. The molecule has 13 heteroatoms. The molecule has 2 N–H and O–H groups in total. The van der Waals surface area contributed by atoms with Gasteiger partial charge in [-0.15, -0.1) is 5.10 Å². The molecular weight excluding hydrogens is 407 g/mol. The van der Waals surface area contributed by atoms with Crippen LogP contribution in [0.3, 0.4) is 0 Å². The Morgan fingerprint density at radius 3 is 2.70 bits per heavy atom. The number of rotatable bonds is 6. The first-order valence-electron chi connectivity index (χ1n) is 7.61. The smallest absolute Gasteiger partial charge is 0.432 e. The highest BCUT2D eigenvalue weighted by Gasteiger charge is 2.33. The van der Waals surface area contributed by atoms with Gasteiger partial charge in [-0.25, -0.2) is 13.1 Å². The number of halogens is 3. The fourth-order valence-corrected chi connectivity index (χ4v) is 3.95. The van der Waals surface area contributed by atoms with Crippen LogP contribution in [0.4, 0.5) is 13.2 Å². The summed E-state index contributed by atoms with van der Waals surface area (Å²) in [6, 6.07) is 3.12. The minimum Gasteiger partial charge on any atom is -0.442 e. The summed E-state index contributed by atoms with van der Waals surface area (Å²) in [6.07, 6.45) is -4.59. The summed E-state index contributed by atoms with van der Waals surface area (Å²) < 4.78 is 74.0. The van der Waals surface area contributed by atoms with Gasteiger partial charge in [-0.05, 0) is 35.6 Å². The van der Waals surface area contributed by atoms with Crippen LogP contribution >= 0.6 is 11.5 Å². The highest BCUT2D eigenvalue weighted by atomic mass is 32.2. The standard InChI is InChI=1S/C14H14F3N5O3S2/c1-7(2)13-10(26-22-21-13)6-18-27(23,24)12-4-3-9(25-12)8-5-11(20-19-8)14(15,16)17/h3-5,7,18H,6H2,1-2H3,(H,19,20). The van der Waals surface area contributed by atoms with Crippen molar-refractivity contribution in [2.75, 3.05) is 0 Å². The van der Waals surface area contributed by atoms with Gasteiger partial charge in [0.15, 0.2) is 5.76 Å². The molecule has 0 fully saturated rings. The molecule has 27 heavy (non-hydrogen) atoms. The monoisotopic (exact) mass is 421 g/mol. The number of aromatic amines is 1. The lowest BCUT2D eigenvalue weighted by molar-refractivity contribution is -0.141. The highest BCUT2D eigenvalue weighted by Crippen LogP contribution is 2.31. The third-order valence-electron chi connectivity index (χ3n) is 3.54. The predicted molar refractivity (Wildman–Crippen MR) is 89.3 cm³/mol. The molecule has 0 aliphatic rings. The van der Waals surface area contributed by atoms with Crippen LogP contribution in [0.5, 0.6) is 0 Å². The molecule has 8 nitrogen and oxygen atoms in total. The van der Waals surface area contributed by atoms with Crippen molar-refractivity contribution in [2.45, 2.75) is 37.6 Å². The van der Waals surface area contributed by atoms with E-state index in [-0.39, 0.29) is 23.9 Å². The van der Waals surface area contributed by atoms with E-state index in [9.17, 15) is 21.6 Å². The molecule has 0 aliphatic carbocycles. The largest absolute Gasteiger partial charge is 0.442 e. The normalized spacial score (nSPS) is 12.8. The van der Waals surface area contributed by atoms with Gasteiger partial charge in [0.05, 0.1) is 10.6 Å². The molecule has 0 bridgehead atoms. The van der Waals surface area contributed by atoms with Gasteiger partial charge in [0.25, 0.3) is 10.0 Å². The first kappa shape index (κ1) is 19.5. The summed E-state index contributed by atoms with van der Waals surface area (Å²) in [7, 11) is -4.01. The number of hydrogen-bond acceptors (Lipinski definition) is 7. The number of hydrogen-bond donors (Lipinski definition) is 2. The maximum absolute atomic E-state index is 12.6. The zero-order valence-electron chi connectivity index (χ0n) is 14.0. The fraction of sp³-hybridized carbons (Fsp3) is 0.357. The third kappa shape index (κ3) is 4.20. The Kier molecular flexibility index (Phi) is 5.10. The van der Waals surface area contributed by atoms with E-state index >= 15 is 0 Å². The second kappa shape index (κ2) is 7.05. The second-order valence-corrected chi connectivity index (χ2v) is 8.38. The first-order valence-corrected chi connectivity index (χ1v) is 9.87. The number of furan rings is 1. The summed E-state index contributed by atoms with van der Waals surface area (Å²) >= 11 is 1.08. The van der Waals surface area contributed by atoms with Gasteiger partial charge in [-0.1, -0.05) is 18.3 Å². The lowest BCUT2D eigenvalue weighted by Crippen LogP contribution is -2.23. The molecule has 0 atom stereocenters. The first-order chi connectivity index (χ1) is 12.6. The number of nitrogens with one attached hydrogen (secondary N) is 2. The molecule has 0 aromatic carbocycles. The van der Waals surface area contributed by atoms with E-state index in [0.717, 1.165) is 23.7 Å². The van der Waals surface area contributed by atoms with Crippen molar-refractivity contribution in [2.24, 2.45) is 0 Å². The van der Waals surface area contributed by atoms with Gasteiger partial charge in [0, 0.05) is 6.54 Å². The molecule has 3 heterocycles. The zero-order valence-corrected chi connectivity index (χ0v) is 15.7. The maximum Gasteiger partial charge on any atom is 0.432 e. The Hall–Kier alpha value is -2.25. The molecule has 0 amide bonds. The van der Waals surface area contributed by atoms with Crippen LogP contribution in [0, 0.1) is 0 Å². The summed E-state index contributed by atoms with van der Waals surface area (Å²) in [5, 5.41) is 8.87. The van der Waals surface area contributed by atoms with Crippen LogP contribution in [-0.4, -0.2) is 28.2 Å². The minimum atomic E-state index is -4.59. The topological polar surface area (TPSA) is 114 Å². The van der Waals surface area contributed by atoms with Gasteiger partial charge in [0.2, 0.25) is 5.09 Å². The van der Waals surface area contributed by atoms with Crippen LogP contribution in [0.25, 0.3) is 11.5 Å². The van der Waals surface area contributed by atoms with Gasteiger partial charge in [0.1, 0.15) is 11.4 Å². The Morgan fingerprint density at radius 1 is 1.33 bits per heavy atom. The molecular formula is C14H14F3N5O3S2. The van der Waals surface area contributed by atoms with Crippen LogP contribution in [0.2, 0.25) is 0 Å². The van der Waals surface area contributed by atoms with Gasteiger partial charge in [-0.3, -0.25) is 5.10 Å². The molecule has 0 spiro atoms. The van der Waals surface area contributed by atoms with Crippen molar-refractivity contribution >= 4 is 21.6 Å². The maximum atomic E-state index is 12.6. The molecule has 146 valence electrons. The average molecular weight is 421 g/mol. The van der Waals surface area contributed by atoms with E-state index < -0.39 is 27.0 Å². The molecule has 3 rings (SSSR count). The SMILES string of the molecule is CC(C)c1nnsc1CNS(=O)(=O)c1ccc(-c2cc(C(F)(F)F)[nH]n2)o1. The van der Waals surface area contributed by atoms with E-state index in [1.807, 2.05) is 18.9 Å². The van der Waals surface area contributed by atoms with E-state index in [1.165, 1.54) is 6.07 Å². The van der Waals surface area contributed by atoms with E-state index in [2.05, 4.69) is 19.4 Å². The van der Waals surface area contributed by atoms with E-state index in [1.54, 1.807) is 0 Å². The van der Waals surface area contributed by atoms with Gasteiger partial charge in [-0.2, -0.15) is 18.3 Å². The number of sulfonamides is 1. The summed E-state index contributed by atoms with van der Waals surface area (Å²) in [4.78, 5) is 0.669. The van der Waals surface area contributed by atoms with Gasteiger partial charge >= 0.3 is 6.18 Å². The third-order valence-corrected chi connectivity index (χ3v) is 5.55. The van der Waals surface area contributed by atoms with Crippen molar-refractivity contribution in [3.63, 3.8) is 0 Å². The highest BCUT2D eigenvalue weighted by molar-refractivity contribution is 7.89. The number of H-pyrrole nitrogens is 1. The van der Waals surface area contributed by atoms with Crippen molar-refractivity contribution in [3.8, 4) is 11.5 Å². The van der Waals surface area contributed by atoms with Crippen LogP contribution in [0.1, 0.15) is 36.0 Å². The molecule has 3 aromatic heterocycles. The summed E-state index contributed by atoms with van der Waals surface area (Å²) in [6.45, 7) is 3.80. The van der Waals surface area contributed by atoms with Crippen molar-refractivity contribution in [1.82, 2.24) is 24.5 Å².